The second kappa shape index (κ2) is 4.55. The number of thiophene rings is 1. The second-order valence-corrected chi connectivity index (χ2v) is 4.20. The number of hydrogen-bond donors (Lipinski definition) is 0. The summed E-state index contributed by atoms with van der Waals surface area (Å²) >= 11 is 1.45. The van der Waals surface area contributed by atoms with Crippen LogP contribution in [0.25, 0.3) is 0 Å². The summed E-state index contributed by atoms with van der Waals surface area (Å²) in [5.41, 5.74) is 1.50. The molecule has 2 aromatic heterocycles. The first-order valence-electron chi connectivity index (χ1n) is 4.89. The van der Waals surface area contributed by atoms with Gasteiger partial charge < -0.3 is 9.15 Å². The molecule has 0 unspecified atom stereocenters. The van der Waals surface area contributed by atoms with Gasteiger partial charge in [0.2, 0.25) is 11.5 Å². The molecule has 2 heterocycles. The number of aryl methyl sites for hydroxylation is 1. The molecule has 4 nitrogen and oxygen atoms in total. The highest BCUT2D eigenvalue weighted by molar-refractivity contribution is 7.08. The molecule has 0 aliphatic rings. The van der Waals surface area contributed by atoms with Crippen molar-refractivity contribution in [2.24, 2.45) is 0 Å². The van der Waals surface area contributed by atoms with Gasteiger partial charge in [-0.3, -0.25) is 4.79 Å². The van der Waals surface area contributed by atoms with E-state index in [1.54, 1.807) is 5.38 Å². The summed E-state index contributed by atoms with van der Waals surface area (Å²) in [5.74, 6) is -0.638. The predicted octanol–water partition coefficient (Wildman–Crippen LogP) is 2.67. The molecule has 17 heavy (non-hydrogen) atoms. The molecule has 0 fully saturated rings. The van der Waals surface area contributed by atoms with Crippen molar-refractivity contribution in [3.8, 4) is 0 Å². The highest BCUT2D eigenvalue weighted by Crippen LogP contribution is 2.19. The second-order valence-electron chi connectivity index (χ2n) is 3.45. The van der Waals surface area contributed by atoms with Gasteiger partial charge in [0, 0.05) is 10.9 Å². The highest BCUT2D eigenvalue weighted by atomic mass is 32.1. The molecule has 0 aromatic carbocycles. The number of hydrogen-bond acceptors (Lipinski definition) is 5. The number of ketones is 1. The Bertz CT molecular complexity index is 565. The maximum absolute atomic E-state index is 12.0. The van der Waals surface area contributed by atoms with E-state index in [0.717, 1.165) is 5.56 Å². The highest BCUT2D eigenvalue weighted by Gasteiger charge is 2.19. The first-order valence-corrected chi connectivity index (χ1v) is 5.83. The summed E-state index contributed by atoms with van der Waals surface area (Å²) < 4.78 is 9.66. The molecule has 0 radical (unpaired) electrons. The van der Waals surface area contributed by atoms with Crippen LogP contribution in [-0.2, 0) is 4.74 Å². The lowest BCUT2D eigenvalue weighted by Crippen LogP contribution is -2.01. The quantitative estimate of drug-likeness (QED) is 0.620. The zero-order valence-electron chi connectivity index (χ0n) is 9.35. The molecule has 5 heteroatoms. The van der Waals surface area contributed by atoms with Crippen LogP contribution < -0.4 is 0 Å². The fourth-order valence-corrected chi connectivity index (χ4v) is 2.22. The normalized spacial score (nSPS) is 10.2. The Morgan fingerprint density at radius 3 is 2.53 bits per heavy atom. The van der Waals surface area contributed by atoms with Crippen molar-refractivity contribution in [2.45, 2.75) is 6.92 Å². The summed E-state index contributed by atoms with van der Waals surface area (Å²) in [7, 11) is 1.26. The van der Waals surface area contributed by atoms with Crippen LogP contribution in [0.4, 0.5) is 0 Å². The summed E-state index contributed by atoms with van der Waals surface area (Å²) in [5, 5.41) is 3.65. The van der Waals surface area contributed by atoms with Gasteiger partial charge in [-0.05, 0) is 30.0 Å². The number of esters is 1. The molecule has 2 aromatic rings. The Morgan fingerprint density at radius 1 is 1.24 bits per heavy atom. The third-order valence-corrected chi connectivity index (χ3v) is 3.18. The third-order valence-electron chi connectivity index (χ3n) is 2.32. The van der Waals surface area contributed by atoms with E-state index in [4.69, 9.17) is 4.42 Å². The fraction of sp³-hybridized carbons (Fsp3) is 0.167. The Morgan fingerprint density at radius 2 is 1.94 bits per heavy atom. The van der Waals surface area contributed by atoms with Gasteiger partial charge in [-0.15, -0.1) is 0 Å². The topological polar surface area (TPSA) is 56.5 Å². The van der Waals surface area contributed by atoms with E-state index in [9.17, 15) is 9.59 Å². The number of methoxy groups -OCH3 is 1. The van der Waals surface area contributed by atoms with E-state index >= 15 is 0 Å². The molecular formula is C12H10O4S. The number of furan rings is 1. The van der Waals surface area contributed by atoms with Crippen LogP contribution in [0.5, 0.6) is 0 Å². The van der Waals surface area contributed by atoms with Crippen molar-refractivity contribution in [1.29, 1.82) is 0 Å². The average molecular weight is 250 g/mol. The summed E-state index contributed by atoms with van der Waals surface area (Å²) in [4.78, 5) is 23.2. The smallest absolute Gasteiger partial charge is 0.373 e. The van der Waals surface area contributed by atoms with Crippen molar-refractivity contribution in [3.05, 3.63) is 45.5 Å². The number of carbonyl (C=O) groups is 2. The minimum Gasteiger partial charge on any atom is -0.463 e. The summed E-state index contributed by atoms with van der Waals surface area (Å²) in [6, 6.07) is 2.91. The maximum atomic E-state index is 12.0. The summed E-state index contributed by atoms with van der Waals surface area (Å²) in [6.07, 6.45) is 0. The molecule has 88 valence electrons. The minimum atomic E-state index is -0.592. The molecule has 0 aliphatic carbocycles. The lowest BCUT2D eigenvalue weighted by Gasteiger charge is -1.96. The average Bonchev–Trinajstić information content (AvgIpc) is 2.95. The summed E-state index contributed by atoms with van der Waals surface area (Å²) in [6.45, 7) is 1.86. The van der Waals surface area contributed by atoms with Gasteiger partial charge in [0.05, 0.1) is 7.11 Å². The van der Waals surface area contributed by atoms with E-state index in [2.05, 4.69) is 4.74 Å². The van der Waals surface area contributed by atoms with Crippen LogP contribution >= 0.6 is 11.3 Å². The molecule has 0 N–H and O–H groups in total. The van der Waals surface area contributed by atoms with E-state index < -0.39 is 5.97 Å². The van der Waals surface area contributed by atoms with Crippen LogP contribution in [0, 0.1) is 6.92 Å². The van der Waals surface area contributed by atoms with Gasteiger partial charge in [-0.25, -0.2) is 4.79 Å². The van der Waals surface area contributed by atoms with E-state index in [1.165, 1.54) is 30.6 Å². The number of ether oxygens (including phenoxy) is 1. The van der Waals surface area contributed by atoms with Gasteiger partial charge in [0.25, 0.3) is 0 Å². The molecule has 0 amide bonds. The first-order chi connectivity index (χ1) is 8.13. The number of rotatable bonds is 3. The van der Waals surface area contributed by atoms with E-state index in [1.807, 2.05) is 12.3 Å². The molecular weight excluding hydrogens is 240 g/mol. The van der Waals surface area contributed by atoms with Gasteiger partial charge in [0.15, 0.2) is 5.76 Å². The Hall–Kier alpha value is -1.88. The first kappa shape index (κ1) is 11.6. The molecule has 0 bridgehead atoms. The standard InChI is InChI=1S/C12H10O4S/c1-7-5-17-6-8(7)11(13)9-3-4-10(16-9)12(14)15-2/h3-6H,1-2H3. The van der Waals surface area contributed by atoms with Gasteiger partial charge in [-0.1, -0.05) is 0 Å². The van der Waals surface area contributed by atoms with Gasteiger partial charge in [-0.2, -0.15) is 11.3 Å². The zero-order valence-corrected chi connectivity index (χ0v) is 10.2. The third kappa shape index (κ3) is 2.14. The maximum Gasteiger partial charge on any atom is 0.373 e. The molecule has 0 aliphatic heterocycles. The Kier molecular flexibility index (Phi) is 3.10. The monoisotopic (exact) mass is 250 g/mol. The van der Waals surface area contributed by atoms with Crippen molar-refractivity contribution < 1.29 is 18.7 Å². The SMILES string of the molecule is COC(=O)c1ccc(C(=O)c2cscc2C)o1. The van der Waals surface area contributed by atoms with E-state index in [-0.39, 0.29) is 17.3 Å². The molecule has 0 atom stereocenters. The molecule has 0 saturated carbocycles. The number of carbonyl (C=O) groups excluding carboxylic acids is 2. The Labute approximate surface area is 102 Å². The molecule has 2 rings (SSSR count). The van der Waals surface area contributed by atoms with Crippen LogP contribution in [0.2, 0.25) is 0 Å². The van der Waals surface area contributed by atoms with Crippen LogP contribution in [0.1, 0.15) is 32.2 Å². The fourth-order valence-electron chi connectivity index (χ4n) is 1.40. The predicted molar refractivity (Wildman–Crippen MR) is 62.5 cm³/mol. The van der Waals surface area contributed by atoms with E-state index in [0.29, 0.717) is 5.56 Å². The van der Waals surface area contributed by atoms with Crippen molar-refractivity contribution in [3.63, 3.8) is 0 Å². The largest absolute Gasteiger partial charge is 0.463 e. The zero-order chi connectivity index (χ0) is 12.4. The van der Waals surface area contributed by atoms with Crippen molar-refractivity contribution in [1.82, 2.24) is 0 Å². The van der Waals surface area contributed by atoms with Gasteiger partial charge >= 0.3 is 5.97 Å². The van der Waals surface area contributed by atoms with Gasteiger partial charge in [0.1, 0.15) is 0 Å². The van der Waals surface area contributed by atoms with Crippen LogP contribution in [0.15, 0.2) is 27.3 Å². The lowest BCUT2D eigenvalue weighted by molar-refractivity contribution is 0.0563. The molecule has 0 spiro atoms. The molecule has 0 saturated heterocycles. The van der Waals surface area contributed by atoms with Crippen LogP contribution in [0.3, 0.4) is 0 Å². The minimum absolute atomic E-state index is 0.0312. The van der Waals surface area contributed by atoms with Crippen molar-refractivity contribution >= 4 is 23.1 Å². The van der Waals surface area contributed by atoms with Crippen LogP contribution in [-0.4, -0.2) is 18.9 Å². The lowest BCUT2D eigenvalue weighted by atomic mass is 10.1. The Balaban J connectivity index is 2.30. The van der Waals surface area contributed by atoms with Crippen molar-refractivity contribution in [2.75, 3.05) is 7.11 Å².